The highest BCUT2D eigenvalue weighted by Gasteiger charge is 2.22. The first-order valence-corrected chi connectivity index (χ1v) is 23.2. The van der Waals surface area contributed by atoms with Crippen LogP contribution in [0.25, 0.3) is 22.3 Å². The molecule has 4 aromatic heterocycles. The minimum absolute atomic E-state index is 0.00908. The van der Waals surface area contributed by atoms with Crippen molar-refractivity contribution in [2.24, 2.45) is 10.1 Å². The highest BCUT2D eigenvalue weighted by Crippen LogP contribution is 2.39. The first-order chi connectivity index (χ1) is 31.2. The zero-order valence-electron chi connectivity index (χ0n) is 37.7. The second kappa shape index (κ2) is 24.0. The second-order valence-corrected chi connectivity index (χ2v) is 18.3. The van der Waals surface area contributed by atoms with Crippen molar-refractivity contribution in [3.05, 3.63) is 106 Å². The van der Waals surface area contributed by atoms with Crippen LogP contribution in [0.4, 0.5) is 25.0 Å². The third kappa shape index (κ3) is 13.8. The molecule has 0 fully saturated rings. The number of carbonyl (C=O) groups excluding carboxylic acids is 2. The summed E-state index contributed by atoms with van der Waals surface area (Å²) in [6, 6.07) is 11.6. The van der Waals surface area contributed by atoms with Crippen molar-refractivity contribution >= 4 is 68.7 Å². The summed E-state index contributed by atoms with van der Waals surface area (Å²) in [4.78, 5) is 35.4. The zero-order chi connectivity index (χ0) is 49.0. The summed E-state index contributed by atoms with van der Waals surface area (Å²) in [5, 5.41) is 16.8. The number of amides is 2. The number of urea groups is 1. The Hall–Kier alpha value is -5.89. The van der Waals surface area contributed by atoms with E-state index in [1.807, 2.05) is 55.4 Å². The molecule has 2 atom stereocenters. The van der Waals surface area contributed by atoms with Crippen molar-refractivity contribution < 1.29 is 36.3 Å². The van der Waals surface area contributed by atoms with E-state index in [0.29, 0.717) is 61.5 Å². The average Bonchev–Trinajstić information content (AvgIpc) is 3.88. The molecule has 4 N–H and O–H groups in total. The SMILES string of the molecule is CC(C)n1cc(Cl)c(S(N)=O)n1.COc1cc(-c2cc(F)cc(C(C)C)c2N=C=O)ccn1.COc1cc(-c2cc(F)cc(C(C)C)c2NC(=O)NS(=O)c2nn(C(C)C)cc2Cl)ccn1. The quantitative estimate of drug-likeness (QED) is 0.0736. The maximum Gasteiger partial charge on any atom is 0.331 e. The van der Waals surface area contributed by atoms with E-state index in [1.54, 1.807) is 58.3 Å². The van der Waals surface area contributed by atoms with Gasteiger partial charge in [0.15, 0.2) is 21.0 Å². The number of pyridine rings is 2. The number of nitrogens with two attached hydrogens (primary N) is 1. The minimum Gasteiger partial charge on any atom is -0.481 e. The first-order valence-electron chi connectivity index (χ1n) is 20.1. The van der Waals surface area contributed by atoms with Gasteiger partial charge in [-0.3, -0.25) is 14.1 Å². The van der Waals surface area contributed by atoms with Crippen LogP contribution in [0.15, 0.2) is 88.4 Å². The minimum atomic E-state index is -2.00. The number of carbonyl (C=O) groups is 1. The lowest BCUT2D eigenvalue weighted by Gasteiger charge is -2.19. The van der Waals surface area contributed by atoms with Gasteiger partial charge in [0.2, 0.25) is 17.8 Å². The number of nitrogens with one attached hydrogen (secondary N) is 2. The van der Waals surface area contributed by atoms with Crippen LogP contribution in [0.1, 0.15) is 90.4 Å². The van der Waals surface area contributed by atoms with Gasteiger partial charge in [0, 0.05) is 60.1 Å². The molecule has 0 saturated heterocycles. The summed E-state index contributed by atoms with van der Waals surface area (Å²) < 4.78 is 67.7. The van der Waals surface area contributed by atoms with Crippen molar-refractivity contribution in [1.82, 2.24) is 34.3 Å². The number of hydrogen-bond acceptors (Lipinski definition) is 11. The van der Waals surface area contributed by atoms with Crippen LogP contribution in [0.3, 0.4) is 0 Å². The Kier molecular flexibility index (Phi) is 19.2. The highest BCUT2D eigenvalue weighted by atomic mass is 35.5. The molecule has 4 heterocycles. The first kappa shape index (κ1) is 52.7. The van der Waals surface area contributed by atoms with Gasteiger partial charge in [-0.25, -0.2) is 41.9 Å². The van der Waals surface area contributed by atoms with Gasteiger partial charge in [-0.15, -0.1) is 0 Å². The third-order valence-corrected chi connectivity index (χ3v) is 11.8. The van der Waals surface area contributed by atoms with E-state index in [4.69, 9.17) is 37.8 Å². The standard InChI is InChI=1S/C22H25ClFN5O3S.C16H15FN2O2.C6H10ClN3OS/c1-12(2)16-9-15(24)10-17(14-6-7-25-19(8-14)32-5)20(16)26-22(30)28-33(31)21-18(23)11-29(27-21)13(3)4;1-10(2)13-7-12(17)8-14(16(13)19-9-20)11-4-5-18-15(6-11)21-3;1-4(2)10-3-5(7)6(9-10)12(8)11/h6-13H,1-5H3,(H2,26,28,30);4-8,10H,1-3H3;3-4H,8H2,1-2H3. The molecule has 2 aromatic carbocycles. The monoisotopic (exact) mass is 986 g/mol. The van der Waals surface area contributed by atoms with E-state index in [9.17, 15) is 26.8 Å². The van der Waals surface area contributed by atoms with Crippen LogP contribution in [0.2, 0.25) is 10.0 Å². The molecular formula is C44H50Cl2F2N10O6S2. The van der Waals surface area contributed by atoms with Gasteiger partial charge in [0.25, 0.3) is 0 Å². The molecule has 66 heavy (non-hydrogen) atoms. The molecule has 0 aliphatic heterocycles. The highest BCUT2D eigenvalue weighted by molar-refractivity contribution is 7.83. The number of nitrogens with zero attached hydrogens (tertiary/aromatic N) is 7. The van der Waals surface area contributed by atoms with Crippen LogP contribution in [0.5, 0.6) is 11.8 Å². The molecule has 0 radical (unpaired) electrons. The molecule has 0 bridgehead atoms. The van der Waals surface area contributed by atoms with E-state index >= 15 is 0 Å². The van der Waals surface area contributed by atoms with E-state index in [1.165, 1.54) is 44.7 Å². The number of aliphatic imine (C=N–C) groups is 1. The Labute approximate surface area is 396 Å². The summed E-state index contributed by atoms with van der Waals surface area (Å²) in [7, 11) is -0.624. The summed E-state index contributed by atoms with van der Waals surface area (Å²) in [5.74, 6) is -0.173. The predicted molar refractivity (Wildman–Crippen MR) is 253 cm³/mol. The summed E-state index contributed by atoms with van der Waals surface area (Å²) in [6.45, 7) is 15.3. The van der Waals surface area contributed by atoms with Crippen molar-refractivity contribution in [3.8, 4) is 34.0 Å². The van der Waals surface area contributed by atoms with Gasteiger partial charge >= 0.3 is 6.03 Å². The molecule has 2 amide bonds. The maximum atomic E-state index is 14.5. The Morgan fingerprint density at radius 1 is 0.758 bits per heavy atom. The molecule has 2 unspecified atom stereocenters. The molecule has 16 nitrogen and oxygen atoms in total. The number of methoxy groups -OCH3 is 2. The zero-order valence-corrected chi connectivity index (χ0v) is 40.9. The van der Waals surface area contributed by atoms with Crippen LogP contribution in [-0.2, 0) is 26.8 Å². The molecule has 6 aromatic rings. The molecule has 0 spiro atoms. The smallest absolute Gasteiger partial charge is 0.331 e. The Balaban J connectivity index is 0.000000244. The van der Waals surface area contributed by atoms with Gasteiger partial charge < -0.3 is 14.8 Å². The number of rotatable bonds is 13. The van der Waals surface area contributed by atoms with Crippen molar-refractivity contribution in [3.63, 3.8) is 0 Å². The van der Waals surface area contributed by atoms with Gasteiger partial charge in [0.05, 0.1) is 35.6 Å². The average molecular weight is 988 g/mol. The molecule has 0 saturated carbocycles. The number of anilines is 1. The lowest BCUT2D eigenvalue weighted by atomic mass is 9.94. The molecule has 0 aliphatic rings. The van der Waals surface area contributed by atoms with Gasteiger partial charge in [-0.2, -0.15) is 15.2 Å². The van der Waals surface area contributed by atoms with Crippen molar-refractivity contribution in [2.75, 3.05) is 19.5 Å². The number of benzene rings is 2. The number of hydrogen-bond donors (Lipinski definition) is 3. The van der Waals surface area contributed by atoms with Crippen LogP contribution >= 0.6 is 23.2 Å². The predicted octanol–water partition coefficient (Wildman–Crippen LogP) is 10.4. The molecule has 0 aliphatic carbocycles. The summed E-state index contributed by atoms with van der Waals surface area (Å²) in [5.41, 5.74) is 4.26. The van der Waals surface area contributed by atoms with Crippen molar-refractivity contribution in [1.29, 1.82) is 0 Å². The Bertz CT molecular complexity index is 2760. The number of isocyanates is 1. The fraction of sp³-hybridized carbons (Fsp3) is 0.318. The lowest BCUT2D eigenvalue weighted by Crippen LogP contribution is -2.31. The Morgan fingerprint density at radius 2 is 1.23 bits per heavy atom. The third-order valence-electron chi connectivity index (χ3n) is 9.31. The number of aromatic nitrogens is 6. The van der Waals surface area contributed by atoms with E-state index in [-0.39, 0.29) is 44.8 Å². The van der Waals surface area contributed by atoms with Crippen LogP contribution < -0.4 is 24.7 Å². The largest absolute Gasteiger partial charge is 0.481 e. The second-order valence-electron chi connectivity index (χ2n) is 15.3. The summed E-state index contributed by atoms with van der Waals surface area (Å²) >= 11 is 11.9. The normalized spacial score (nSPS) is 11.9. The lowest BCUT2D eigenvalue weighted by molar-refractivity contribution is 0.257. The Morgan fingerprint density at radius 3 is 1.67 bits per heavy atom. The van der Waals surface area contributed by atoms with E-state index in [0.717, 1.165) is 0 Å². The fourth-order valence-electron chi connectivity index (χ4n) is 6.05. The molecule has 6 rings (SSSR count). The fourth-order valence-corrected chi connectivity index (χ4v) is 7.89. The number of ether oxygens (including phenoxy) is 2. The van der Waals surface area contributed by atoms with Gasteiger partial charge in [-0.05, 0) is 98.2 Å². The molecular weight excluding hydrogens is 938 g/mol. The summed E-state index contributed by atoms with van der Waals surface area (Å²) in [6.07, 6.45) is 7.79. The topological polar surface area (TPSA) is 211 Å². The molecule has 352 valence electrons. The molecule has 22 heteroatoms. The maximum absolute atomic E-state index is 14.5. The van der Waals surface area contributed by atoms with E-state index < -0.39 is 33.8 Å². The van der Waals surface area contributed by atoms with Crippen LogP contribution in [-0.4, -0.2) is 64.3 Å². The van der Waals surface area contributed by atoms with Gasteiger partial charge in [-0.1, -0.05) is 50.9 Å². The van der Waals surface area contributed by atoms with Crippen LogP contribution in [0, 0.1) is 11.6 Å². The van der Waals surface area contributed by atoms with E-state index in [2.05, 4.69) is 35.2 Å². The number of halogens is 4. The van der Waals surface area contributed by atoms with Crippen molar-refractivity contribution in [2.45, 2.75) is 89.4 Å². The van der Waals surface area contributed by atoms with Gasteiger partial charge in [0.1, 0.15) is 22.6 Å².